The lowest BCUT2D eigenvalue weighted by Gasteiger charge is -2.07. The van der Waals surface area contributed by atoms with Crippen LogP contribution in [0, 0.1) is 19.7 Å². The average Bonchev–Trinajstić information content (AvgIpc) is 3.11. The van der Waals surface area contributed by atoms with E-state index in [-0.39, 0.29) is 5.56 Å². The number of benzene rings is 2. The minimum atomic E-state index is -0.646. The summed E-state index contributed by atoms with van der Waals surface area (Å²) in [7, 11) is 0. The van der Waals surface area contributed by atoms with Crippen LogP contribution in [-0.4, -0.2) is 15.3 Å². The number of thiophene rings is 1. The Labute approximate surface area is 169 Å². The van der Waals surface area contributed by atoms with Gasteiger partial charge in [0.1, 0.15) is 10.6 Å². The van der Waals surface area contributed by atoms with Gasteiger partial charge < -0.3 is 0 Å². The number of rotatable bonds is 4. The maximum Gasteiger partial charge on any atom is 0.329 e. The SMILES string of the molecule is Cc1ccc(-c2csc3[nH]c(=O)n(CC(=O)c4ccc(F)c(C)c4)c(=O)c23)cc1. The van der Waals surface area contributed by atoms with Gasteiger partial charge >= 0.3 is 5.69 Å². The van der Waals surface area contributed by atoms with Gasteiger partial charge in [-0.3, -0.25) is 19.1 Å². The van der Waals surface area contributed by atoms with E-state index in [1.54, 1.807) is 6.92 Å². The number of nitrogens with one attached hydrogen (secondary N) is 1. The first kappa shape index (κ1) is 19.0. The standard InChI is InChI=1S/C22H17FN2O3S/c1-12-3-5-14(6-4-12)16-11-29-20-19(16)21(27)25(22(28)24-20)10-18(26)15-7-8-17(23)13(2)9-15/h3-9,11H,10H2,1-2H3,(H,24,28). The highest BCUT2D eigenvalue weighted by atomic mass is 32.1. The number of aromatic nitrogens is 2. The number of ketones is 1. The zero-order valence-electron chi connectivity index (χ0n) is 15.8. The van der Waals surface area contributed by atoms with Gasteiger partial charge in [-0.1, -0.05) is 29.8 Å². The maximum absolute atomic E-state index is 13.5. The lowest BCUT2D eigenvalue weighted by Crippen LogP contribution is -2.37. The Morgan fingerprint density at radius 2 is 1.83 bits per heavy atom. The number of hydrogen-bond acceptors (Lipinski definition) is 4. The number of aryl methyl sites for hydroxylation is 2. The molecule has 0 bridgehead atoms. The first-order valence-corrected chi connectivity index (χ1v) is 9.84. The van der Waals surface area contributed by atoms with Gasteiger partial charge in [0.05, 0.1) is 11.9 Å². The molecule has 4 aromatic rings. The van der Waals surface area contributed by atoms with Crippen LogP contribution < -0.4 is 11.2 Å². The smallest absolute Gasteiger partial charge is 0.298 e. The van der Waals surface area contributed by atoms with Gasteiger partial charge in [0, 0.05) is 16.5 Å². The third kappa shape index (κ3) is 3.45. The quantitative estimate of drug-likeness (QED) is 0.518. The van der Waals surface area contributed by atoms with E-state index >= 15 is 0 Å². The lowest BCUT2D eigenvalue weighted by molar-refractivity contribution is 0.0969. The largest absolute Gasteiger partial charge is 0.329 e. The summed E-state index contributed by atoms with van der Waals surface area (Å²) in [4.78, 5) is 41.3. The molecule has 0 fully saturated rings. The van der Waals surface area contributed by atoms with E-state index in [1.165, 1.54) is 29.5 Å². The predicted molar refractivity (Wildman–Crippen MR) is 112 cm³/mol. The van der Waals surface area contributed by atoms with Gasteiger partial charge in [-0.05, 0) is 43.2 Å². The van der Waals surface area contributed by atoms with Crippen molar-refractivity contribution in [2.45, 2.75) is 20.4 Å². The number of aromatic amines is 1. The van der Waals surface area contributed by atoms with Crippen LogP contribution in [0.5, 0.6) is 0 Å². The van der Waals surface area contributed by atoms with Crippen LogP contribution in [0.25, 0.3) is 21.3 Å². The van der Waals surface area contributed by atoms with Crippen molar-refractivity contribution in [3.05, 3.63) is 91.2 Å². The molecule has 146 valence electrons. The van der Waals surface area contributed by atoms with Crippen molar-refractivity contribution in [2.24, 2.45) is 0 Å². The molecule has 0 aliphatic carbocycles. The second-order valence-corrected chi connectivity index (χ2v) is 7.81. The van der Waals surface area contributed by atoms with Crippen molar-refractivity contribution in [1.82, 2.24) is 9.55 Å². The highest BCUT2D eigenvalue weighted by Gasteiger charge is 2.17. The molecule has 0 unspecified atom stereocenters. The molecule has 0 aliphatic rings. The minimum Gasteiger partial charge on any atom is -0.298 e. The van der Waals surface area contributed by atoms with Gasteiger partial charge in [-0.15, -0.1) is 11.3 Å². The summed E-state index contributed by atoms with van der Waals surface area (Å²) in [5.74, 6) is -0.855. The Balaban J connectivity index is 1.80. The summed E-state index contributed by atoms with van der Waals surface area (Å²) < 4.78 is 14.4. The Hall–Kier alpha value is -3.32. The molecule has 29 heavy (non-hydrogen) atoms. The zero-order chi connectivity index (χ0) is 20.7. The number of carbonyl (C=O) groups is 1. The van der Waals surface area contributed by atoms with E-state index in [2.05, 4.69) is 4.98 Å². The van der Waals surface area contributed by atoms with Crippen LogP contribution in [0.15, 0.2) is 57.4 Å². The number of H-pyrrole nitrogens is 1. The highest BCUT2D eigenvalue weighted by Crippen LogP contribution is 2.30. The summed E-state index contributed by atoms with van der Waals surface area (Å²) in [5, 5.41) is 2.20. The predicted octanol–water partition coefficient (Wildman–Crippen LogP) is 4.06. The van der Waals surface area contributed by atoms with Gasteiger partial charge in [-0.25, -0.2) is 9.18 Å². The molecule has 0 radical (unpaired) electrons. The number of halogens is 1. The molecular formula is C22H17FN2O3S. The van der Waals surface area contributed by atoms with Crippen LogP contribution in [0.3, 0.4) is 0 Å². The fourth-order valence-corrected chi connectivity index (χ4v) is 4.15. The van der Waals surface area contributed by atoms with Crippen LogP contribution in [0.1, 0.15) is 21.5 Å². The fraction of sp³-hybridized carbons (Fsp3) is 0.136. The molecule has 7 heteroatoms. The van der Waals surface area contributed by atoms with Crippen molar-refractivity contribution < 1.29 is 9.18 Å². The summed E-state index contributed by atoms with van der Waals surface area (Å²) in [5.41, 5.74) is 2.08. The maximum atomic E-state index is 13.5. The van der Waals surface area contributed by atoms with Crippen molar-refractivity contribution in [1.29, 1.82) is 0 Å². The molecule has 2 aromatic carbocycles. The zero-order valence-corrected chi connectivity index (χ0v) is 16.6. The van der Waals surface area contributed by atoms with Crippen molar-refractivity contribution in [3.63, 3.8) is 0 Å². The first-order chi connectivity index (χ1) is 13.8. The number of hydrogen-bond donors (Lipinski definition) is 1. The molecule has 0 spiro atoms. The van der Waals surface area contributed by atoms with E-state index < -0.39 is 29.4 Å². The van der Waals surface area contributed by atoms with Crippen molar-refractivity contribution in [2.75, 3.05) is 0 Å². The molecule has 4 rings (SSSR count). The molecule has 5 nitrogen and oxygen atoms in total. The average molecular weight is 408 g/mol. The van der Waals surface area contributed by atoms with Crippen LogP contribution in [0.4, 0.5) is 4.39 Å². The Morgan fingerprint density at radius 1 is 1.10 bits per heavy atom. The van der Waals surface area contributed by atoms with E-state index in [1.807, 2.05) is 36.6 Å². The van der Waals surface area contributed by atoms with E-state index in [0.29, 0.717) is 21.3 Å². The molecule has 1 N–H and O–H groups in total. The number of nitrogens with zero attached hydrogens (tertiary/aromatic N) is 1. The minimum absolute atomic E-state index is 0.249. The Bertz CT molecular complexity index is 1360. The highest BCUT2D eigenvalue weighted by molar-refractivity contribution is 7.17. The van der Waals surface area contributed by atoms with Crippen LogP contribution in [-0.2, 0) is 6.54 Å². The molecule has 0 saturated carbocycles. The summed E-state index contributed by atoms with van der Waals surface area (Å²) in [6.45, 7) is 3.11. The number of Topliss-reactive ketones (excluding diaryl/α,β-unsaturated/α-hetero) is 1. The van der Waals surface area contributed by atoms with Crippen molar-refractivity contribution >= 4 is 27.3 Å². The van der Waals surface area contributed by atoms with E-state index in [9.17, 15) is 18.8 Å². The summed E-state index contributed by atoms with van der Waals surface area (Å²) in [6.07, 6.45) is 0. The summed E-state index contributed by atoms with van der Waals surface area (Å²) in [6, 6.07) is 11.7. The van der Waals surface area contributed by atoms with Gasteiger partial charge in [0.15, 0.2) is 5.78 Å². The second-order valence-electron chi connectivity index (χ2n) is 6.93. The topological polar surface area (TPSA) is 71.9 Å². The first-order valence-electron chi connectivity index (χ1n) is 8.96. The monoisotopic (exact) mass is 408 g/mol. The van der Waals surface area contributed by atoms with E-state index in [0.717, 1.165) is 15.7 Å². The van der Waals surface area contributed by atoms with Crippen molar-refractivity contribution in [3.8, 4) is 11.1 Å². The van der Waals surface area contributed by atoms with Crippen LogP contribution >= 0.6 is 11.3 Å². The lowest BCUT2D eigenvalue weighted by atomic mass is 10.0. The molecule has 0 saturated heterocycles. The number of carbonyl (C=O) groups excluding carboxylic acids is 1. The normalized spacial score (nSPS) is 11.1. The Morgan fingerprint density at radius 3 is 2.52 bits per heavy atom. The second kappa shape index (κ2) is 7.25. The molecule has 0 amide bonds. The van der Waals surface area contributed by atoms with Gasteiger partial charge in [0.25, 0.3) is 5.56 Å². The molecule has 2 heterocycles. The molecule has 2 aromatic heterocycles. The molecular weight excluding hydrogens is 391 g/mol. The van der Waals surface area contributed by atoms with Gasteiger partial charge in [0.2, 0.25) is 0 Å². The molecule has 0 aliphatic heterocycles. The van der Waals surface area contributed by atoms with Gasteiger partial charge in [-0.2, -0.15) is 0 Å². The summed E-state index contributed by atoms with van der Waals surface area (Å²) >= 11 is 1.27. The third-order valence-electron chi connectivity index (χ3n) is 4.86. The fourth-order valence-electron chi connectivity index (χ4n) is 3.20. The van der Waals surface area contributed by atoms with E-state index in [4.69, 9.17) is 0 Å². The third-order valence-corrected chi connectivity index (χ3v) is 5.76. The Kier molecular flexibility index (Phi) is 4.76. The number of fused-ring (bicyclic) bond motifs is 1. The molecule has 0 atom stereocenters. The van der Waals surface area contributed by atoms with Crippen LogP contribution in [0.2, 0.25) is 0 Å².